The number of methoxy groups -OCH3 is 1. The van der Waals surface area contributed by atoms with Gasteiger partial charge in [-0.2, -0.15) is 0 Å². The molecule has 0 spiro atoms. The molecule has 1 saturated heterocycles. The van der Waals surface area contributed by atoms with Crippen LogP contribution in [0.5, 0.6) is 0 Å². The summed E-state index contributed by atoms with van der Waals surface area (Å²) in [5.74, 6) is 1.21. The first kappa shape index (κ1) is 19.9. The Morgan fingerprint density at radius 3 is 2.63 bits per heavy atom. The summed E-state index contributed by atoms with van der Waals surface area (Å²) in [6.07, 6.45) is 3.44. The summed E-state index contributed by atoms with van der Waals surface area (Å²) in [7, 11) is 1.59. The van der Waals surface area contributed by atoms with E-state index in [1.54, 1.807) is 18.9 Å². The quantitative estimate of drug-likeness (QED) is 0.707. The van der Waals surface area contributed by atoms with Crippen molar-refractivity contribution in [2.45, 2.75) is 49.9 Å². The Kier molecular flexibility index (Phi) is 6.55. The van der Waals surface area contributed by atoms with E-state index in [1.807, 2.05) is 41.5 Å². The van der Waals surface area contributed by atoms with E-state index in [2.05, 4.69) is 28.6 Å². The summed E-state index contributed by atoms with van der Waals surface area (Å²) in [6.45, 7) is 5.71. The lowest BCUT2D eigenvalue weighted by Crippen LogP contribution is -2.42. The number of nitrogens with zero attached hydrogens (tertiary/aromatic N) is 4. The Morgan fingerprint density at radius 2 is 2.00 bits per heavy atom. The van der Waals surface area contributed by atoms with E-state index < -0.39 is 6.10 Å². The fourth-order valence-electron chi connectivity index (χ4n) is 3.75. The number of aromatic nitrogens is 3. The number of benzene rings is 1. The lowest BCUT2D eigenvalue weighted by Gasteiger charge is -2.34. The number of rotatable bonds is 6. The molecule has 3 rings (SSSR count). The monoisotopic (exact) mass is 388 g/mol. The highest BCUT2D eigenvalue weighted by atomic mass is 32.2. The molecule has 27 heavy (non-hydrogen) atoms. The smallest absolute Gasteiger partial charge is 0.256 e. The summed E-state index contributed by atoms with van der Waals surface area (Å²) in [4.78, 5) is 15.1. The Balaban J connectivity index is 1.80. The van der Waals surface area contributed by atoms with Crippen LogP contribution in [0.1, 0.15) is 56.1 Å². The molecule has 1 fully saturated rings. The fourth-order valence-corrected chi connectivity index (χ4v) is 4.38. The molecular formula is C20H28N4O2S. The highest BCUT2D eigenvalue weighted by Crippen LogP contribution is 2.31. The summed E-state index contributed by atoms with van der Waals surface area (Å²) in [5.41, 5.74) is 0.891. The zero-order valence-corrected chi connectivity index (χ0v) is 17.3. The average Bonchev–Trinajstić information content (AvgIpc) is 3.14. The Hall–Kier alpha value is -1.86. The van der Waals surface area contributed by atoms with Crippen LogP contribution < -0.4 is 0 Å². The first-order valence-corrected chi connectivity index (χ1v) is 10.6. The van der Waals surface area contributed by atoms with Crippen molar-refractivity contribution in [3.63, 3.8) is 0 Å². The SMILES string of the molecule is CO[C@H](C(=O)N1CCC[C@H](c2nnc(SC)n2C(C)C)C1)c1ccccc1. The average molecular weight is 389 g/mol. The summed E-state index contributed by atoms with van der Waals surface area (Å²) in [5, 5.41) is 9.75. The highest BCUT2D eigenvalue weighted by molar-refractivity contribution is 7.98. The topological polar surface area (TPSA) is 60.2 Å². The third-order valence-electron chi connectivity index (χ3n) is 5.05. The molecule has 1 aromatic carbocycles. The molecule has 1 aliphatic heterocycles. The van der Waals surface area contributed by atoms with Crippen LogP contribution in [0.2, 0.25) is 0 Å². The molecular weight excluding hydrogens is 360 g/mol. The van der Waals surface area contributed by atoms with E-state index in [0.717, 1.165) is 35.9 Å². The number of hydrogen-bond donors (Lipinski definition) is 0. The van der Waals surface area contributed by atoms with Crippen LogP contribution in [-0.4, -0.2) is 52.0 Å². The molecule has 1 aromatic heterocycles. The normalized spacial score (nSPS) is 18.7. The minimum atomic E-state index is -0.560. The molecule has 2 aromatic rings. The zero-order valence-electron chi connectivity index (χ0n) is 16.5. The number of carbonyl (C=O) groups excluding carboxylic acids is 1. The Bertz CT molecular complexity index is 763. The number of likely N-dealkylation sites (tertiary alicyclic amines) is 1. The molecule has 1 amide bonds. The third kappa shape index (κ3) is 4.19. The molecule has 0 saturated carbocycles. The summed E-state index contributed by atoms with van der Waals surface area (Å²) < 4.78 is 7.75. The van der Waals surface area contributed by atoms with Gasteiger partial charge in [0.1, 0.15) is 5.82 Å². The lowest BCUT2D eigenvalue weighted by atomic mass is 9.96. The maximum absolute atomic E-state index is 13.1. The fraction of sp³-hybridized carbons (Fsp3) is 0.550. The van der Waals surface area contributed by atoms with Crippen molar-refractivity contribution in [2.24, 2.45) is 0 Å². The molecule has 0 radical (unpaired) electrons. The molecule has 7 heteroatoms. The lowest BCUT2D eigenvalue weighted by molar-refractivity contribution is -0.143. The van der Waals surface area contributed by atoms with Gasteiger partial charge in [0.15, 0.2) is 11.3 Å². The van der Waals surface area contributed by atoms with Gasteiger partial charge in [0, 0.05) is 32.2 Å². The van der Waals surface area contributed by atoms with Crippen LogP contribution in [0.3, 0.4) is 0 Å². The van der Waals surface area contributed by atoms with Gasteiger partial charge in [0.25, 0.3) is 5.91 Å². The molecule has 0 unspecified atom stereocenters. The van der Waals surface area contributed by atoms with E-state index in [9.17, 15) is 4.79 Å². The van der Waals surface area contributed by atoms with Gasteiger partial charge < -0.3 is 14.2 Å². The van der Waals surface area contributed by atoms with Gasteiger partial charge in [-0.25, -0.2) is 0 Å². The van der Waals surface area contributed by atoms with E-state index >= 15 is 0 Å². The number of carbonyl (C=O) groups is 1. The largest absolute Gasteiger partial charge is 0.367 e. The molecule has 6 nitrogen and oxygen atoms in total. The predicted molar refractivity (Wildman–Crippen MR) is 107 cm³/mol. The van der Waals surface area contributed by atoms with Crippen molar-refractivity contribution in [3.05, 3.63) is 41.7 Å². The molecule has 2 heterocycles. The van der Waals surface area contributed by atoms with E-state index in [1.165, 1.54) is 0 Å². The first-order chi connectivity index (χ1) is 13.1. The zero-order chi connectivity index (χ0) is 19.4. The van der Waals surface area contributed by atoms with Gasteiger partial charge in [-0.15, -0.1) is 10.2 Å². The van der Waals surface area contributed by atoms with Crippen LogP contribution in [-0.2, 0) is 9.53 Å². The van der Waals surface area contributed by atoms with Crippen molar-refractivity contribution < 1.29 is 9.53 Å². The molecule has 0 bridgehead atoms. The molecule has 2 atom stereocenters. The van der Waals surface area contributed by atoms with Crippen molar-refractivity contribution in [3.8, 4) is 0 Å². The number of thioether (sulfide) groups is 1. The molecule has 146 valence electrons. The van der Waals surface area contributed by atoms with Crippen LogP contribution in [0.25, 0.3) is 0 Å². The van der Waals surface area contributed by atoms with Crippen LogP contribution in [0, 0.1) is 0 Å². The van der Waals surface area contributed by atoms with Crippen molar-refractivity contribution in [2.75, 3.05) is 26.5 Å². The van der Waals surface area contributed by atoms with Crippen LogP contribution in [0.15, 0.2) is 35.5 Å². The van der Waals surface area contributed by atoms with Gasteiger partial charge in [-0.1, -0.05) is 42.1 Å². The Morgan fingerprint density at radius 1 is 1.26 bits per heavy atom. The van der Waals surface area contributed by atoms with E-state index in [-0.39, 0.29) is 11.8 Å². The van der Waals surface area contributed by atoms with Crippen molar-refractivity contribution in [1.82, 2.24) is 19.7 Å². The Labute approximate surface area is 165 Å². The van der Waals surface area contributed by atoms with Gasteiger partial charge in [0.2, 0.25) is 0 Å². The predicted octanol–water partition coefficient (Wildman–Crippen LogP) is 3.67. The molecule has 0 N–H and O–H groups in total. The van der Waals surface area contributed by atoms with Crippen LogP contribution >= 0.6 is 11.8 Å². The van der Waals surface area contributed by atoms with Crippen molar-refractivity contribution in [1.29, 1.82) is 0 Å². The number of hydrogen-bond acceptors (Lipinski definition) is 5. The van der Waals surface area contributed by atoms with Gasteiger partial charge in [-0.3, -0.25) is 4.79 Å². The number of ether oxygens (including phenoxy) is 1. The third-order valence-corrected chi connectivity index (χ3v) is 5.69. The first-order valence-electron chi connectivity index (χ1n) is 9.42. The minimum absolute atomic E-state index is 0.0223. The van der Waals surface area contributed by atoms with Gasteiger partial charge in [-0.05, 0) is 38.5 Å². The van der Waals surface area contributed by atoms with Gasteiger partial charge >= 0.3 is 0 Å². The second-order valence-electron chi connectivity index (χ2n) is 7.16. The second-order valence-corrected chi connectivity index (χ2v) is 7.93. The number of piperidine rings is 1. The van der Waals surface area contributed by atoms with Crippen LogP contribution in [0.4, 0.5) is 0 Å². The summed E-state index contributed by atoms with van der Waals surface area (Å²) >= 11 is 1.61. The maximum Gasteiger partial charge on any atom is 0.256 e. The standard InChI is InChI=1S/C20H28N4O2S/c1-14(2)24-18(21-22-20(24)27-4)16-11-8-12-23(13-16)19(25)17(26-3)15-9-6-5-7-10-15/h5-7,9-10,14,16-17H,8,11-13H2,1-4H3/t16-,17-/m0/s1. The summed E-state index contributed by atoms with van der Waals surface area (Å²) in [6, 6.07) is 9.98. The van der Waals surface area contributed by atoms with Gasteiger partial charge in [0.05, 0.1) is 0 Å². The van der Waals surface area contributed by atoms with E-state index in [0.29, 0.717) is 12.6 Å². The molecule has 0 aliphatic carbocycles. The van der Waals surface area contributed by atoms with E-state index in [4.69, 9.17) is 4.74 Å². The highest BCUT2D eigenvalue weighted by Gasteiger charge is 2.33. The van der Waals surface area contributed by atoms with Crippen molar-refractivity contribution >= 4 is 17.7 Å². The second kappa shape index (κ2) is 8.89. The minimum Gasteiger partial charge on any atom is -0.367 e. The molecule has 1 aliphatic rings. The number of amides is 1. The maximum atomic E-state index is 13.1.